The van der Waals surface area contributed by atoms with Gasteiger partial charge in [-0.2, -0.15) is 0 Å². The lowest BCUT2D eigenvalue weighted by Gasteiger charge is -2.09. The Morgan fingerprint density at radius 1 is 0.950 bits per heavy atom. The van der Waals surface area contributed by atoms with Crippen LogP contribution in [0.15, 0.2) is 48.5 Å². The van der Waals surface area contributed by atoms with Crippen LogP contribution in [0.2, 0.25) is 0 Å². The fraction of sp³-hybridized carbons (Fsp3) is 0.0667. The van der Waals surface area contributed by atoms with Gasteiger partial charge in [0, 0.05) is 24.0 Å². The summed E-state index contributed by atoms with van der Waals surface area (Å²) in [4.78, 5) is 23.1. The van der Waals surface area contributed by atoms with Crippen LogP contribution in [-0.2, 0) is 4.79 Å². The Bertz CT molecular complexity index is 653. The number of para-hydroxylation sites is 1. The van der Waals surface area contributed by atoms with Gasteiger partial charge in [0.15, 0.2) is 0 Å². The maximum absolute atomic E-state index is 12.1. The van der Waals surface area contributed by atoms with E-state index in [1.165, 1.54) is 6.92 Å². The van der Waals surface area contributed by atoms with Crippen molar-refractivity contribution in [2.75, 3.05) is 16.4 Å². The predicted octanol–water partition coefficient (Wildman–Crippen LogP) is 2.48. The Hall–Kier alpha value is -2.82. The molecule has 0 spiro atoms. The molecule has 2 aromatic carbocycles. The van der Waals surface area contributed by atoms with E-state index in [0.717, 1.165) is 0 Å². The number of nitrogens with two attached hydrogens (primary N) is 1. The van der Waals surface area contributed by atoms with Crippen LogP contribution in [0.3, 0.4) is 0 Å². The van der Waals surface area contributed by atoms with Crippen LogP contribution < -0.4 is 16.4 Å². The van der Waals surface area contributed by atoms with Gasteiger partial charge in [0.2, 0.25) is 5.91 Å². The molecule has 102 valence electrons. The Morgan fingerprint density at radius 3 is 2.25 bits per heavy atom. The molecule has 0 aliphatic heterocycles. The zero-order valence-electron chi connectivity index (χ0n) is 11.0. The van der Waals surface area contributed by atoms with Gasteiger partial charge in [-0.3, -0.25) is 9.59 Å². The number of rotatable bonds is 3. The second kappa shape index (κ2) is 5.88. The van der Waals surface area contributed by atoms with E-state index in [1.54, 1.807) is 48.5 Å². The predicted molar refractivity (Wildman–Crippen MR) is 79.6 cm³/mol. The largest absolute Gasteiger partial charge is 0.398 e. The van der Waals surface area contributed by atoms with E-state index in [1.807, 2.05) is 0 Å². The highest BCUT2D eigenvalue weighted by molar-refractivity contribution is 6.08. The second-order valence-electron chi connectivity index (χ2n) is 4.30. The first kappa shape index (κ1) is 13.6. The minimum atomic E-state index is -0.289. The summed E-state index contributed by atoms with van der Waals surface area (Å²) in [5, 5.41) is 5.40. The maximum atomic E-state index is 12.1. The van der Waals surface area contributed by atoms with Crippen molar-refractivity contribution in [2.45, 2.75) is 6.92 Å². The highest BCUT2D eigenvalue weighted by Crippen LogP contribution is 2.17. The Balaban J connectivity index is 2.16. The van der Waals surface area contributed by atoms with Gasteiger partial charge >= 0.3 is 0 Å². The standard InChI is InChI=1S/C15H15N3O2/c1-10(19)17-11-5-4-6-12(9-11)18-15(20)13-7-2-3-8-14(13)16/h2-9H,16H2,1H3,(H,17,19)(H,18,20). The molecule has 0 fully saturated rings. The second-order valence-corrected chi connectivity index (χ2v) is 4.30. The summed E-state index contributed by atoms with van der Waals surface area (Å²) in [6.07, 6.45) is 0. The quantitative estimate of drug-likeness (QED) is 0.748. The summed E-state index contributed by atoms with van der Waals surface area (Å²) in [5.41, 5.74) is 7.80. The molecule has 0 aromatic heterocycles. The van der Waals surface area contributed by atoms with Crippen LogP contribution in [0, 0.1) is 0 Å². The van der Waals surface area contributed by atoms with Crippen LogP contribution >= 0.6 is 0 Å². The third-order valence-corrected chi connectivity index (χ3v) is 2.65. The first-order chi connectivity index (χ1) is 9.56. The van der Waals surface area contributed by atoms with Crippen LogP contribution in [0.25, 0.3) is 0 Å². The van der Waals surface area contributed by atoms with E-state index in [4.69, 9.17) is 5.73 Å². The smallest absolute Gasteiger partial charge is 0.257 e. The normalized spacial score (nSPS) is 9.85. The molecular weight excluding hydrogens is 254 g/mol. The van der Waals surface area contributed by atoms with Gasteiger partial charge in [-0.25, -0.2) is 0 Å². The number of carbonyl (C=O) groups is 2. The van der Waals surface area contributed by atoms with Gasteiger partial charge in [-0.05, 0) is 30.3 Å². The Labute approximate surface area is 116 Å². The molecular formula is C15H15N3O2. The van der Waals surface area contributed by atoms with Crippen molar-refractivity contribution in [2.24, 2.45) is 0 Å². The number of hydrogen-bond donors (Lipinski definition) is 3. The van der Waals surface area contributed by atoms with E-state index in [9.17, 15) is 9.59 Å². The molecule has 5 heteroatoms. The number of benzene rings is 2. The van der Waals surface area contributed by atoms with Crippen molar-refractivity contribution in [3.8, 4) is 0 Å². The molecule has 2 rings (SSSR count). The van der Waals surface area contributed by atoms with Crippen LogP contribution in [-0.4, -0.2) is 11.8 Å². The summed E-state index contributed by atoms with van der Waals surface area (Å²) in [7, 11) is 0. The lowest BCUT2D eigenvalue weighted by atomic mass is 10.1. The van der Waals surface area contributed by atoms with Crippen molar-refractivity contribution < 1.29 is 9.59 Å². The Kier molecular flexibility index (Phi) is 4.00. The summed E-state index contributed by atoms with van der Waals surface area (Å²) in [5.74, 6) is -0.455. The SMILES string of the molecule is CC(=O)Nc1cccc(NC(=O)c2ccccc2N)c1. The fourth-order valence-electron chi connectivity index (χ4n) is 1.78. The van der Waals surface area contributed by atoms with Crippen molar-refractivity contribution in [1.29, 1.82) is 0 Å². The minimum absolute atomic E-state index is 0.166. The third-order valence-electron chi connectivity index (χ3n) is 2.65. The first-order valence-corrected chi connectivity index (χ1v) is 6.10. The molecule has 4 N–H and O–H groups in total. The van der Waals surface area contributed by atoms with Crippen LogP contribution in [0.4, 0.5) is 17.1 Å². The lowest BCUT2D eigenvalue weighted by Crippen LogP contribution is -2.14. The monoisotopic (exact) mass is 269 g/mol. The molecule has 0 saturated carbocycles. The third kappa shape index (κ3) is 3.35. The molecule has 0 radical (unpaired) electrons. The van der Waals surface area contributed by atoms with Gasteiger partial charge in [-0.15, -0.1) is 0 Å². The average Bonchev–Trinajstić information content (AvgIpc) is 2.38. The van der Waals surface area contributed by atoms with Crippen LogP contribution in [0.1, 0.15) is 17.3 Å². The minimum Gasteiger partial charge on any atom is -0.398 e. The molecule has 2 aromatic rings. The molecule has 0 saturated heterocycles. The molecule has 0 atom stereocenters. The molecule has 2 amide bonds. The van der Waals surface area contributed by atoms with E-state index in [2.05, 4.69) is 10.6 Å². The summed E-state index contributed by atoms with van der Waals surface area (Å²) < 4.78 is 0. The highest BCUT2D eigenvalue weighted by Gasteiger charge is 2.09. The highest BCUT2D eigenvalue weighted by atomic mass is 16.2. The first-order valence-electron chi connectivity index (χ1n) is 6.10. The van der Waals surface area contributed by atoms with Crippen molar-refractivity contribution in [1.82, 2.24) is 0 Å². The van der Waals surface area contributed by atoms with Gasteiger partial charge < -0.3 is 16.4 Å². The number of anilines is 3. The lowest BCUT2D eigenvalue weighted by molar-refractivity contribution is -0.114. The van der Waals surface area contributed by atoms with E-state index >= 15 is 0 Å². The molecule has 0 bridgehead atoms. The summed E-state index contributed by atoms with van der Waals surface area (Å²) in [6, 6.07) is 13.7. The number of nitrogen functional groups attached to an aromatic ring is 1. The van der Waals surface area contributed by atoms with Gasteiger partial charge in [0.25, 0.3) is 5.91 Å². The molecule has 0 aliphatic carbocycles. The molecule has 20 heavy (non-hydrogen) atoms. The molecule has 0 heterocycles. The molecule has 0 aliphatic rings. The zero-order valence-corrected chi connectivity index (χ0v) is 11.0. The molecule has 0 unspecified atom stereocenters. The zero-order chi connectivity index (χ0) is 14.5. The Morgan fingerprint density at radius 2 is 1.60 bits per heavy atom. The topological polar surface area (TPSA) is 84.2 Å². The molecule has 5 nitrogen and oxygen atoms in total. The van der Waals surface area contributed by atoms with E-state index in [-0.39, 0.29) is 11.8 Å². The number of carbonyl (C=O) groups excluding carboxylic acids is 2. The van der Waals surface area contributed by atoms with Crippen molar-refractivity contribution in [3.05, 3.63) is 54.1 Å². The number of amides is 2. The van der Waals surface area contributed by atoms with Gasteiger partial charge in [0.05, 0.1) is 5.56 Å². The fourth-order valence-corrected chi connectivity index (χ4v) is 1.78. The van der Waals surface area contributed by atoms with Crippen molar-refractivity contribution >= 4 is 28.9 Å². The number of nitrogens with one attached hydrogen (secondary N) is 2. The van der Waals surface area contributed by atoms with Crippen LogP contribution in [0.5, 0.6) is 0 Å². The summed E-state index contributed by atoms with van der Waals surface area (Å²) in [6.45, 7) is 1.43. The van der Waals surface area contributed by atoms with Crippen molar-refractivity contribution in [3.63, 3.8) is 0 Å². The van der Waals surface area contributed by atoms with E-state index in [0.29, 0.717) is 22.6 Å². The average molecular weight is 269 g/mol. The van der Waals surface area contributed by atoms with Gasteiger partial charge in [0.1, 0.15) is 0 Å². The number of hydrogen-bond acceptors (Lipinski definition) is 3. The maximum Gasteiger partial charge on any atom is 0.257 e. The summed E-state index contributed by atoms with van der Waals surface area (Å²) >= 11 is 0. The van der Waals surface area contributed by atoms with Gasteiger partial charge in [-0.1, -0.05) is 18.2 Å². The van der Waals surface area contributed by atoms with E-state index < -0.39 is 0 Å².